The molecular weight excluding hydrogens is 160 g/mol. The summed E-state index contributed by atoms with van der Waals surface area (Å²) in [5.41, 5.74) is 6.39. The summed E-state index contributed by atoms with van der Waals surface area (Å²) < 4.78 is 0. The second-order valence-corrected chi connectivity index (χ2v) is 5.46. The van der Waals surface area contributed by atoms with Gasteiger partial charge in [-0.15, -0.1) is 0 Å². The molecule has 1 rings (SSSR count). The van der Waals surface area contributed by atoms with Crippen molar-refractivity contribution in [2.45, 2.75) is 52.6 Å². The van der Waals surface area contributed by atoms with Crippen LogP contribution in [0.5, 0.6) is 0 Å². The van der Waals surface area contributed by atoms with Gasteiger partial charge in [-0.2, -0.15) is 0 Å². The van der Waals surface area contributed by atoms with Gasteiger partial charge in [-0.3, -0.25) is 4.90 Å². The average Bonchev–Trinajstić information content (AvgIpc) is 2.34. The third-order valence-corrected chi connectivity index (χ3v) is 3.23. The lowest BCUT2D eigenvalue weighted by atomic mass is 9.87. The zero-order chi connectivity index (χ0) is 10.1. The van der Waals surface area contributed by atoms with Crippen LogP contribution in [0.3, 0.4) is 0 Å². The standard InChI is InChI=1S/C11H24N2/c1-9-6-5-7-13(9)8-10(12)11(2,3)4/h9-10H,5-8,12H2,1-4H3. The molecule has 2 unspecified atom stereocenters. The number of nitrogens with zero attached hydrogens (tertiary/aromatic N) is 1. The summed E-state index contributed by atoms with van der Waals surface area (Å²) in [5, 5.41) is 0. The molecule has 1 fully saturated rings. The summed E-state index contributed by atoms with van der Waals surface area (Å²) in [5.74, 6) is 0. The first-order valence-corrected chi connectivity index (χ1v) is 5.41. The fraction of sp³-hybridized carbons (Fsp3) is 1.00. The number of rotatable bonds is 2. The number of hydrogen-bond donors (Lipinski definition) is 1. The Morgan fingerprint density at radius 3 is 2.46 bits per heavy atom. The Hall–Kier alpha value is -0.0800. The van der Waals surface area contributed by atoms with Crippen molar-refractivity contribution in [3.8, 4) is 0 Å². The van der Waals surface area contributed by atoms with E-state index in [1.165, 1.54) is 19.4 Å². The zero-order valence-corrected chi connectivity index (χ0v) is 9.51. The van der Waals surface area contributed by atoms with Crippen LogP contribution in [0.2, 0.25) is 0 Å². The minimum atomic E-state index is 0.238. The van der Waals surface area contributed by atoms with E-state index < -0.39 is 0 Å². The maximum absolute atomic E-state index is 6.15. The molecule has 2 nitrogen and oxygen atoms in total. The molecule has 1 saturated heterocycles. The van der Waals surface area contributed by atoms with Gasteiger partial charge in [-0.05, 0) is 31.7 Å². The Bertz CT molecular complexity index is 160. The largest absolute Gasteiger partial charge is 0.326 e. The van der Waals surface area contributed by atoms with Gasteiger partial charge in [0, 0.05) is 18.6 Å². The van der Waals surface area contributed by atoms with E-state index in [1.54, 1.807) is 0 Å². The summed E-state index contributed by atoms with van der Waals surface area (Å²) in [4.78, 5) is 2.52. The summed E-state index contributed by atoms with van der Waals surface area (Å²) >= 11 is 0. The first-order chi connectivity index (χ1) is 5.91. The number of likely N-dealkylation sites (tertiary alicyclic amines) is 1. The Labute approximate surface area is 82.5 Å². The fourth-order valence-corrected chi connectivity index (χ4v) is 1.79. The van der Waals surface area contributed by atoms with Gasteiger partial charge >= 0.3 is 0 Å². The molecule has 2 atom stereocenters. The number of nitrogens with two attached hydrogens (primary N) is 1. The molecule has 13 heavy (non-hydrogen) atoms. The lowest BCUT2D eigenvalue weighted by Crippen LogP contribution is -2.46. The smallest absolute Gasteiger partial charge is 0.0217 e. The Kier molecular flexibility index (Phi) is 3.36. The quantitative estimate of drug-likeness (QED) is 0.709. The Morgan fingerprint density at radius 2 is 2.08 bits per heavy atom. The van der Waals surface area contributed by atoms with Crippen LogP contribution in [-0.4, -0.2) is 30.1 Å². The van der Waals surface area contributed by atoms with Crippen molar-refractivity contribution < 1.29 is 0 Å². The van der Waals surface area contributed by atoms with Crippen molar-refractivity contribution in [3.63, 3.8) is 0 Å². The molecule has 0 amide bonds. The molecule has 0 bridgehead atoms. The van der Waals surface area contributed by atoms with Crippen LogP contribution in [0.15, 0.2) is 0 Å². The van der Waals surface area contributed by atoms with Gasteiger partial charge in [0.2, 0.25) is 0 Å². The molecule has 0 saturated carbocycles. The van der Waals surface area contributed by atoms with Crippen LogP contribution in [0, 0.1) is 5.41 Å². The fourth-order valence-electron chi connectivity index (χ4n) is 1.79. The first kappa shape index (κ1) is 11.0. The summed E-state index contributed by atoms with van der Waals surface area (Å²) in [7, 11) is 0. The van der Waals surface area contributed by atoms with E-state index in [1.807, 2.05) is 0 Å². The molecule has 0 spiro atoms. The van der Waals surface area contributed by atoms with E-state index in [2.05, 4.69) is 32.6 Å². The summed E-state index contributed by atoms with van der Waals surface area (Å²) in [6, 6.07) is 1.04. The van der Waals surface area contributed by atoms with Crippen molar-refractivity contribution >= 4 is 0 Å². The third-order valence-electron chi connectivity index (χ3n) is 3.23. The highest BCUT2D eigenvalue weighted by Gasteiger charge is 2.27. The second-order valence-electron chi connectivity index (χ2n) is 5.46. The van der Waals surface area contributed by atoms with Crippen molar-refractivity contribution in [1.82, 2.24) is 4.90 Å². The van der Waals surface area contributed by atoms with Crippen LogP contribution in [0.4, 0.5) is 0 Å². The van der Waals surface area contributed by atoms with E-state index in [9.17, 15) is 0 Å². The molecule has 1 heterocycles. The molecule has 0 aromatic carbocycles. The summed E-state index contributed by atoms with van der Waals surface area (Å²) in [6.07, 6.45) is 2.69. The zero-order valence-electron chi connectivity index (χ0n) is 9.51. The van der Waals surface area contributed by atoms with E-state index in [-0.39, 0.29) is 5.41 Å². The molecular formula is C11H24N2. The lowest BCUT2D eigenvalue weighted by molar-refractivity contribution is 0.194. The SMILES string of the molecule is CC1CCCN1CC(N)C(C)(C)C. The molecule has 0 aromatic heterocycles. The van der Waals surface area contributed by atoms with Gasteiger partial charge in [-0.1, -0.05) is 20.8 Å². The van der Waals surface area contributed by atoms with Gasteiger partial charge < -0.3 is 5.73 Å². The lowest BCUT2D eigenvalue weighted by Gasteiger charge is -2.32. The summed E-state index contributed by atoms with van der Waals surface area (Å²) in [6.45, 7) is 11.3. The molecule has 78 valence electrons. The highest BCUT2D eigenvalue weighted by atomic mass is 15.2. The van der Waals surface area contributed by atoms with Crippen molar-refractivity contribution in [2.75, 3.05) is 13.1 Å². The molecule has 1 aliphatic rings. The van der Waals surface area contributed by atoms with Crippen LogP contribution in [0.1, 0.15) is 40.5 Å². The van der Waals surface area contributed by atoms with Gasteiger partial charge in [-0.25, -0.2) is 0 Å². The van der Waals surface area contributed by atoms with Crippen molar-refractivity contribution in [3.05, 3.63) is 0 Å². The van der Waals surface area contributed by atoms with E-state index in [4.69, 9.17) is 5.73 Å². The normalized spacial score (nSPS) is 27.9. The Balaban J connectivity index is 2.40. The van der Waals surface area contributed by atoms with E-state index in [0.29, 0.717) is 6.04 Å². The monoisotopic (exact) mass is 184 g/mol. The Morgan fingerprint density at radius 1 is 1.46 bits per heavy atom. The second kappa shape index (κ2) is 3.97. The first-order valence-electron chi connectivity index (χ1n) is 5.41. The van der Waals surface area contributed by atoms with Crippen LogP contribution >= 0.6 is 0 Å². The number of hydrogen-bond acceptors (Lipinski definition) is 2. The molecule has 1 aliphatic heterocycles. The maximum atomic E-state index is 6.15. The van der Waals surface area contributed by atoms with Crippen molar-refractivity contribution in [1.29, 1.82) is 0 Å². The van der Waals surface area contributed by atoms with Gasteiger partial charge in [0.1, 0.15) is 0 Å². The van der Waals surface area contributed by atoms with E-state index in [0.717, 1.165) is 12.6 Å². The molecule has 2 heteroatoms. The van der Waals surface area contributed by atoms with Gasteiger partial charge in [0.25, 0.3) is 0 Å². The topological polar surface area (TPSA) is 29.3 Å². The average molecular weight is 184 g/mol. The molecule has 0 aromatic rings. The molecule has 0 aliphatic carbocycles. The van der Waals surface area contributed by atoms with E-state index >= 15 is 0 Å². The van der Waals surface area contributed by atoms with Crippen LogP contribution in [-0.2, 0) is 0 Å². The molecule has 2 N–H and O–H groups in total. The van der Waals surface area contributed by atoms with Gasteiger partial charge in [0.05, 0.1) is 0 Å². The minimum absolute atomic E-state index is 0.238. The molecule has 0 radical (unpaired) electrons. The minimum Gasteiger partial charge on any atom is -0.326 e. The third kappa shape index (κ3) is 2.96. The van der Waals surface area contributed by atoms with Gasteiger partial charge in [0.15, 0.2) is 0 Å². The van der Waals surface area contributed by atoms with Crippen LogP contribution < -0.4 is 5.73 Å². The predicted octanol–water partition coefficient (Wildman–Crippen LogP) is 1.84. The highest BCUT2D eigenvalue weighted by Crippen LogP contribution is 2.22. The van der Waals surface area contributed by atoms with Crippen LogP contribution in [0.25, 0.3) is 0 Å². The maximum Gasteiger partial charge on any atom is 0.0217 e. The predicted molar refractivity (Wildman–Crippen MR) is 57.7 cm³/mol. The highest BCUT2D eigenvalue weighted by molar-refractivity contribution is 4.84. The van der Waals surface area contributed by atoms with Crippen molar-refractivity contribution in [2.24, 2.45) is 11.1 Å².